The Labute approximate surface area is 96.9 Å². The number of nitrogens with one attached hydrogen (secondary N) is 1. The van der Waals surface area contributed by atoms with Gasteiger partial charge in [0.1, 0.15) is 0 Å². The Morgan fingerprint density at radius 3 is 2.75 bits per heavy atom. The molecule has 0 aromatic rings. The average Bonchev–Trinajstić information content (AvgIpc) is 2.79. The molecule has 0 amide bonds. The SMILES string of the molecule is O=C(C1CCOC2(CCC2)C1)C1CCCN1. The molecule has 2 aliphatic heterocycles. The standard InChI is InChI=1S/C13H21NO2/c15-12(11-3-1-7-14-11)10-4-8-16-13(9-10)5-2-6-13/h10-11,14H,1-9H2. The zero-order valence-corrected chi connectivity index (χ0v) is 9.84. The topological polar surface area (TPSA) is 38.3 Å². The molecule has 90 valence electrons. The van der Waals surface area contributed by atoms with Crippen LogP contribution >= 0.6 is 0 Å². The van der Waals surface area contributed by atoms with Gasteiger partial charge in [-0.1, -0.05) is 0 Å². The third kappa shape index (κ3) is 1.80. The lowest BCUT2D eigenvalue weighted by Crippen LogP contribution is -2.49. The highest BCUT2D eigenvalue weighted by molar-refractivity contribution is 5.86. The summed E-state index contributed by atoms with van der Waals surface area (Å²) in [6.45, 7) is 1.81. The molecule has 3 rings (SSSR count). The van der Waals surface area contributed by atoms with Crippen LogP contribution in [0.5, 0.6) is 0 Å². The fraction of sp³-hybridized carbons (Fsp3) is 0.923. The average molecular weight is 223 g/mol. The Hall–Kier alpha value is -0.410. The molecule has 16 heavy (non-hydrogen) atoms. The van der Waals surface area contributed by atoms with Crippen molar-refractivity contribution in [2.45, 2.75) is 56.6 Å². The van der Waals surface area contributed by atoms with Crippen LogP contribution in [-0.4, -0.2) is 30.6 Å². The van der Waals surface area contributed by atoms with E-state index in [-0.39, 0.29) is 17.6 Å². The van der Waals surface area contributed by atoms with Crippen LogP contribution in [0.1, 0.15) is 44.9 Å². The summed E-state index contributed by atoms with van der Waals surface area (Å²) in [6, 6.07) is 0.153. The van der Waals surface area contributed by atoms with Gasteiger partial charge in [-0.25, -0.2) is 0 Å². The van der Waals surface area contributed by atoms with Crippen LogP contribution < -0.4 is 5.32 Å². The van der Waals surface area contributed by atoms with Gasteiger partial charge in [0.05, 0.1) is 11.6 Å². The maximum Gasteiger partial charge on any atom is 0.153 e. The van der Waals surface area contributed by atoms with Gasteiger partial charge in [0.2, 0.25) is 0 Å². The Morgan fingerprint density at radius 2 is 2.12 bits per heavy atom. The molecule has 3 aliphatic rings. The van der Waals surface area contributed by atoms with E-state index in [1.807, 2.05) is 0 Å². The molecule has 1 saturated carbocycles. The summed E-state index contributed by atoms with van der Waals surface area (Å²) in [7, 11) is 0. The summed E-state index contributed by atoms with van der Waals surface area (Å²) in [5.74, 6) is 0.733. The van der Waals surface area contributed by atoms with Crippen molar-refractivity contribution in [3.8, 4) is 0 Å². The monoisotopic (exact) mass is 223 g/mol. The Balaban J connectivity index is 1.63. The zero-order chi connectivity index (χ0) is 11.0. The first-order valence-corrected chi connectivity index (χ1v) is 6.70. The molecular formula is C13H21NO2. The lowest BCUT2D eigenvalue weighted by Gasteiger charge is -2.47. The second kappa shape index (κ2) is 4.11. The first kappa shape index (κ1) is 10.7. The smallest absolute Gasteiger partial charge is 0.153 e. The molecular weight excluding hydrogens is 202 g/mol. The first-order chi connectivity index (χ1) is 7.79. The van der Waals surface area contributed by atoms with Gasteiger partial charge in [-0.2, -0.15) is 0 Å². The van der Waals surface area contributed by atoms with Crippen LogP contribution in [-0.2, 0) is 9.53 Å². The van der Waals surface area contributed by atoms with Crippen LogP contribution in [0.4, 0.5) is 0 Å². The highest BCUT2D eigenvalue weighted by Gasteiger charge is 2.45. The number of ketones is 1. The van der Waals surface area contributed by atoms with E-state index in [1.165, 1.54) is 19.3 Å². The summed E-state index contributed by atoms with van der Waals surface area (Å²) in [5.41, 5.74) is 0.108. The minimum Gasteiger partial charge on any atom is -0.375 e. The molecule has 2 atom stereocenters. The Morgan fingerprint density at radius 1 is 1.25 bits per heavy atom. The van der Waals surface area contributed by atoms with Gasteiger partial charge in [0, 0.05) is 12.5 Å². The van der Waals surface area contributed by atoms with Crippen LogP contribution in [0.2, 0.25) is 0 Å². The second-order valence-electron chi connectivity index (χ2n) is 5.63. The molecule has 1 aliphatic carbocycles. The van der Waals surface area contributed by atoms with Crippen molar-refractivity contribution in [1.29, 1.82) is 0 Å². The largest absolute Gasteiger partial charge is 0.375 e. The molecule has 3 nitrogen and oxygen atoms in total. The number of carbonyl (C=O) groups excluding carboxylic acids is 1. The van der Waals surface area contributed by atoms with E-state index >= 15 is 0 Å². The predicted octanol–water partition coefficient (Wildman–Crippen LogP) is 1.66. The predicted molar refractivity (Wildman–Crippen MR) is 61.3 cm³/mol. The van der Waals surface area contributed by atoms with Crippen LogP contribution in [0.25, 0.3) is 0 Å². The van der Waals surface area contributed by atoms with Crippen molar-refractivity contribution in [3.63, 3.8) is 0 Å². The van der Waals surface area contributed by atoms with Crippen molar-refractivity contribution >= 4 is 5.78 Å². The van der Waals surface area contributed by atoms with E-state index in [4.69, 9.17) is 4.74 Å². The summed E-state index contributed by atoms with van der Waals surface area (Å²) in [4.78, 5) is 12.3. The minimum absolute atomic E-state index is 0.108. The fourth-order valence-corrected chi connectivity index (χ4v) is 3.40. The number of carbonyl (C=O) groups is 1. The lowest BCUT2D eigenvalue weighted by atomic mass is 9.70. The fourth-order valence-electron chi connectivity index (χ4n) is 3.40. The van der Waals surface area contributed by atoms with E-state index in [0.29, 0.717) is 5.78 Å². The second-order valence-corrected chi connectivity index (χ2v) is 5.63. The summed E-state index contributed by atoms with van der Waals surface area (Å²) in [5, 5.41) is 3.33. The molecule has 0 aromatic carbocycles. The number of rotatable bonds is 2. The Kier molecular flexibility index (Phi) is 2.76. The maximum absolute atomic E-state index is 12.3. The summed E-state index contributed by atoms with van der Waals surface area (Å²) in [6.07, 6.45) is 7.77. The van der Waals surface area contributed by atoms with Gasteiger partial charge in [-0.3, -0.25) is 4.79 Å². The molecule has 3 fully saturated rings. The molecule has 1 spiro atoms. The van der Waals surface area contributed by atoms with E-state index in [9.17, 15) is 4.79 Å². The molecule has 3 heteroatoms. The van der Waals surface area contributed by atoms with Crippen molar-refractivity contribution in [1.82, 2.24) is 5.32 Å². The van der Waals surface area contributed by atoms with Gasteiger partial charge in [-0.15, -0.1) is 0 Å². The maximum atomic E-state index is 12.3. The van der Waals surface area contributed by atoms with E-state index in [0.717, 1.165) is 38.8 Å². The van der Waals surface area contributed by atoms with E-state index < -0.39 is 0 Å². The van der Waals surface area contributed by atoms with Gasteiger partial charge in [0.25, 0.3) is 0 Å². The van der Waals surface area contributed by atoms with Gasteiger partial charge in [-0.05, 0) is 51.5 Å². The van der Waals surface area contributed by atoms with Crippen LogP contribution in [0, 0.1) is 5.92 Å². The molecule has 2 saturated heterocycles. The molecule has 0 radical (unpaired) electrons. The zero-order valence-electron chi connectivity index (χ0n) is 9.84. The molecule has 0 bridgehead atoms. The number of hydrogen-bond donors (Lipinski definition) is 1. The van der Waals surface area contributed by atoms with Crippen molar-refractivity contribution in [2.24, 2.45) is 5.92 Å². The van der Waals surface area contributed by atoms with Crippen LogP contribution in [0.15, 0.2) is 0 Å². The van der Waals surface area contributed by atoms with Gasteiger partial charge in [0.15, 0.2) is 5.78 Å². The van der Waals surface area contributed by atoms with E-state index in [2.05, 4.69) is 5.32 Å². The first-order valence-electron chi connectivity index (χ1n) is 6.70. The number of hydrogen-bond acceptors (Lipinski definition) is 3. The van der Waals surface area contributed by atoms with Gasteiger partial charge >= 0.3 is 0 Å². The van der Waals surface area contributed by atoms with Crippen molar-refractivity contribution < 1.29 is 9.53 Å². The normalized spacial score (nSPS) is 37.2. The van der Waals surface area contributed by atoms with Crippen molar-refractivity contribution in [2.75, 3.05) is 13.2 Å². The van der Waals surface area contributed by atoms with Crippen LogP contribution in [0.3, 0.4) is 0 Å². The Bertz CT molecular complexity index is 280. The third-order valence-corrected chi connectivity index (χ3v) is 4.56. The van der Waals surface area contributed by atoms with E-state index in [1.54, 1.807) is 0 Å². The number of Topliss-reactive ketones (excluding diaryl/α,β-unsaturated/α-hetero) is 1. The molecule has 2 unspecified atom stereocenters. The molecule has 0 aromatic heterocycles. The lowest BCUT2D eigenvalue weighted by molar-refractivity contribution is -0.156. The highest BCUT2D eigenvalue weighted by Crippen LogP contribution is 2.44. The van der Waals surface area contributed by atoms with Crippen molar-refractivity contribution in [3.05, 3.63) is 0 Å². The highest BCUT2D eigenvalue weighted by atomic mass is 16.5. The quantitative estimate of drug-likeness (QED) is 0.773. The molecule has 1 N–H and O–H groups in total. The summed E-state index contributed by atoms with van der Waals surface area (Å²) < 4.78 is 5.87. The molecule has 2 heterocycles. The number of ether oxygens (including phenoxy) is 1. The minimum atomic E-state index is 0.108. The third-order valence-electron chi connectivity index (χ3n) is 4.56. The van der Waals surface area contributed by atoms with Gasteiger partial charge < -0.3 is 10.1 Å². The summed E-state index contributed by atoms with van der Waals surface area (Å²) >= 11 is 0.